The number of methoxy groups -OCH3 is 1. The first kappa shape index (κ1) is 15.1. The molecule has 0 aromatic carbocycles. The van der Waals surface area contributed by atoms with Crippen LogP contribution in [0.25, 0.3) is 0 Å². The smallest absolute Gasteiger partial charge is 0.410 e. The Morgan fingerprint density at radius 3 is 2.40 bits per heavy atom. The summed E-state index contributed by atoms with van der Waals surface area (Å²) < 4.78 is 10.2. The Labute approximate surface area is 119 Å². The highest BCUT2D eigenvalue weighted by Gasteiger charge is 2.57. The van der Waals surface area contributed by atoms with Crippen LogP contribution in [0.4, 0.5) is 4.79 Å². The number of rotatable bonds is 1. The van der Waals surface area contributed by atoms with Gasteiger partial charge in [-0.25, -0.2) is 4.79 Å². The number of esters is 1. The lowest BCUT2D eigenvalue weighted by atomic mass is 9.82. The molecule has 0 aromatic heterocycles. The number of nitrogens with two attached hydrogens (primary N) is 1. The molecule has 1 aliphatic carbocycles. The molecule has 3 atom stereocenters. The van der Waals surface area contributed by atoms with E-state index in [1.165, 1.54) is 7.11 Å². The highest BCUT2D eigenvalue weighted by atomic mass is 16.6. The first-order valence-corrected chi connectivity index (χ1v) is 7.02. The normalized spacial score (nSPS) is 33.0. The van der Waals surface area contributed by atoms with Crippen molar-refractivity contribution in [2.45, 2.75) is 57.2 Å². The number of likely N-dealkylation sites (tertiary alicyclic amines) is 1. The summed E-state index contributed by atoms with van der Waals surface area (Å²) in [7, 11) is 1.37. The molecule has 2 aliphatic rings. The molecule has 6 heteroatoms. The fraction of sp³-hybridized carbons (Fsp3) is 0.857. The molecule has 0 radical (unpaired) electrons. The standard InChI is InChI=1S/C14H24N2O4/c1-13(2,3)20-12(18)16-6-5-14(16)7-9(10(15)8-14)11(17)19-4/h9-10H,5-8,15H2,1-4H3/t9-,10+,14?/m0/s1. The van der Waals surface area contributed by atoms with E-state index >= 15 is 0 Å². The Morgan fingerprint density at radius 2 is 1.95 bits per heavy atom. The van der Waals surface area contributed by atoms with Crippen molar-refractivity contribution < 1.29 is 19.1 Å². The van der Waals surface area contributed by atoms with E-state index < -0.39 is 5.60 Å². The van der Waals surface area contributed by atoms with E-state index in [9.17, 15) is 9.59 Å². The molecule has 1 amide bonds. The summed E-state index contributed by atoms with van der Waals surface area (Å²) in [5.41, 5.74) is 5.21. The number of nitrogens with zero attached hydrogens (tertiary/aromatic N) is 1. The lowest BCUT2D eigenvalue weighted by molar-refractivity contribution is -0.146. The van der Waals surface area contributed by atoms with E-state index in [1.54, 1.807) is 4.90 Å². The summed E-state index contributed by atoms with van der Waals surface area (Å²) in [5.74, 6) is -0.615. The largest absolute Gasteiger partial charge is 0.469 e. The quantitative estimate of drug-likeness (QED) is 0.733. The minimum Gasteiger partial charge on any atom is -0.469 e. The van der Waals surface area contributed by atoms with Crippen LogP contribution in [-0.4, -0.2) is 47.8 Å². The van der Waals surface area contributed by atoms with Crippen molar-refractivity contribution in [2.75, 3.05) is 13.7 Å². The second kappa shape index (κ2) is 4.91. The monoisotopic (exact) mass is 284 g/mol. The zero-order valence-electron chi connectivity index (χ0n) is 12.6. The van der Waals surface area contributed by atoms with Gasteiger partial charge in [0.05, 0.1) is 18.6 Å². The van der Waals surface area contributed by atoms with Gasteiger partial charge >= 0.3 is 12.1 Å². The molecule has 0 bridgehead atoms. The third kappa shape index (κ3) is 2.61. The Bertz CT molecular complexity index is 418. The average molecular weight is 284 g/mol. The molecule has 2 N–H and O–H groups in total. The van der Waals surface area contributed by atoms with Crippen molar-refractivity contribution in [3.05, 3.63) is 0 Å². The van der Waals surface area contributed by atoms with Crippen molar-refractivity contribution in [2.24, 2.45) is 11.7 Å². The third-order valence-corrected chi connectivity index (χ3v) is 4.22. The van der Waals surface area contributed by atoms with E-state index in [1.807, 2.05) is 20.8 Å². The fourth-order valence-electron chi connectivity index (χ4n) is 3.20. The van der Waals surface area contributed by atoms with Crippen molar-refractivity contribution in [3.8, 4) is 0 Å². The predicted molar refractivity (Wildman–Crippen MR) is 73.0 cm³/mol. The van der Waals surface area contributed by atoms with Gasteiger partial charge in [-0.15, -0.1) is 0 Å². The summed E-state index contributed by atoms with van der Waals surface area (Å²) in [4.78, 5) is 25.6. The van der Waals surface area contributed by atoms with Crippen LogP contribution in [-0.2, 0) is 14.3 Å². The Morgan fingerprint density at radius 1 is 1.30 bits per heavy atom. The summed E-state index contributed by atoms with van der Waals surface area (Å²) >= 11 is 0. The number of ether oxygens (including phenoxy) is 2. The second-order valence-electron chi connectivity index (χ2n) is 6.81. The molecule has 2 rings (SSSR count). The summed E-state index contributed by atoms with van der Waals surface area (Å²) in [6.45, 7) is 6.19. The zero-order valence-corrected chi connectivity index (χ0v) is 12.6. The van der Waals surface area contributed by atoms with E-state index in [-0.39, 0.29) is 29.6 Å². The van der Waals surface area contributed by atoms with Crippen LogP contribution in [0.15, 0.2) is 0 Å². The van der Waals surface area contributed by atoms with E-state index in [0.717, 1.165) is 6.42 Å². The fourth-order valence-corrected chi connectivity index (χ4v) is 3.20. The SMILES string of the molecule is COC(=O)[C@H]1CC2(CCN2C(=O)OC(C)(C)C)C[C@H]1N. The molecule has 20 heavy (non-hydrogen) atoms. The van der Waals surface area contributed by atoms with Crippen LogP contribution in [0.2, 0.25) is 0 Å². The number of carbonyl (C=O) groups excluding carboxylic acids is 2. The Kier molecular flexibility index (Phi) is 3.71. The van der Waals surface area contributed by atoms with Crippen LogP contribution in [0, 0.1) is 5.92 Å². The Hall–Kier alpha value is -1.30. The second-order valence-corrected chi connectivity index (χ2v) is 6.81. The topological polar surface area (TPSA) is 81.9 Å². The van der Waals surface area contributed by atoms with E-state index in [0.29, 0.717) is 19.4 Å². The molecule has 1 heterocycles. The van der Waals surface area contributed by atoms with Gasteiger partial charge in [-0.1, -0.05) is 0 Å². The first-order valence-electron chi connectivity index (χ1n) is 7.02. The first-order chi connectivity index (χ1) is 9.18. The number of hydrogen-bond acceptors (Lipinski definition) is 5. The van der Waals surface area contributed by atoms with Gasteiger partial charge in [-0.05, 0) is 40.0 Å². The summed E-state index contributed by atoms with van der Waals surface area (Å²) in [6, 6.07) is -0.257. The van der Waals surface area contributed by atoms with Gasteiger partial charge in [0.25, 0.3) is 0 Å². The molecule has 1 saturated heterocycles. The highest BCUT2D eigenvalue weighted by Crippen LogP contribution is 2.47. The lowest BCUT2D eigenvalue weighted by Crippen LogP contribution is -2.62. The van der Waals surface area contributed by atoms with Crippen LogP contribution >= 0.6 is 0 Å². The molecular weight excluding hydrogens is 260 g/mol. The molecule has 1 saturated carbocycles. The molecule has 6 nitrogen and oxygen atoms in total. The number of carbonyl (C=O) groups is 2. The predicted octanol–water partition coefficient (Wildman–Crippen LogP) is 1.28. The van der Waals surface area contributed by atoms with Gasteiger partial charge in [0.2, 0.25) is 0 Å². The van der Waals surface area contributed by atoms with E-state index in [2.05, 4.69) is 0 Å². The van der Waals surface area contributed by atoms with Gasteiger partial charge in [-0.3, -0.25) is 4.79 Å². The Balaban J connectivity index is 2.06. The third-order valence-electron chi connectivity index (χ3n) is 4.22. The van der Waals surface area contributed by atoms with Crippen LogP contribution < -0.4 is 5.73 Å². The van der Waals surface area contributed by atoms with Gasteiger partial charge in [0, 0.05) is 12.6 Å². The van der Waals surface area contributed by atoms with Gasteiger partial charge in [-0.2, -0.15) is 0 Å². The minimum atomic E-state index is -0.518. The maximum atomic E-state index is 12.2. The van der Waals surface area contributed by atoms with Crippen molar-refractivity contribution in [1.29, 1.82) is 0 Å². The van der Waals surface area contributed by atoms with Gasteiger partial charge < -0.3 is 20.1 Å². The zero-order chi connectivity index (χ0) is 15.1. The van der Waals surface area contributed by atoms with Crippen molar-refractivity contribution >= 4 is 12.1 Å². The number of hydrogen-bond donors (Lipinski definition) is 1. The maximum absolute atomic E-state index is 12.2. The number of amides is 1. The van der Waals surface area contributed by atoms with E-state index in [4.69, 9.17) is 15.2 Å². The van der Waals surface area contributed by atoms with Crippen molar-refractivity contribution in [1.82, 2.24) is 4.90 Å². The van der Waals surface area contributed by atoms with Gasteiger partial charge in [0.1, 0.15) is 5.60 Å². The van der Waals surface area contributed by atoms with Gasteiger partial charge in [0.15, 0.2) is 0 Å². The summed E-state index contributed by atoms with van der Waals surface area (Å²) in [5, 5.41) is 0. The molecular formula is C14H24N2O4. The lowest BCUT2D eigenvalue weighted by Gasteiger charge is -2.50. The van der Waals surface area contributed by atoms with Crippen LogP contribution in [0.3, 0.4) is 0 Å². The molecule has 0 aromatic rings. The molecule has 1 aliphatic heterocycles. The summed E-state index contributed by atoms with van der Waals surface area (Å²) in [6.07, 6.45) is 1.75. The van der Waals surface area contributed by atoms with Crippen LogP contribution in [0.5, 0.6) is 0 Å². The van der Waals surface area contributed by atoms with Crippen LogP contribution in [0.1, 0.15) is 40.0 Å². The molecule has 114 valence electrons. The van der Waals surface area contributed by atoms with Crippen molar-refractivity contribution in [3.63, 3.8) is 0 Å². The maximum Gasteiger partial charge on any atom is 0.410 e. The molecule has 1 unspecified atom stereocenters. The molecule has 2 fully saturated rings. The molecule has 1 spiro atoms. The minimum absolute atomic E-state index is 0.257. The average Bonchev–Trinajstić information content (AvgIpc) is 2.64. The highest BCUT2D eigenvalue weighted by molar-refractivity contribution is 5.75.